The quantitative estimate of drug-likeness (QED) is 0.776. The molecule has 18 heavy (non-hydrogen) atoms. The Bertz CT molecular complexity index is 399. The number of nitrogens with zero attached hydrogens (tertiary/aromatic N) is 3. The highest BCUT2D eigenvalue weighted by molar-refractivity contribution is 5.91. The van der Waals surface area contributed by atoms with Crippen molar-refractivity contribution in [3.8, 4) is 5.88 Å². The topological polar surface area (TPSA) is 79.0 Å². The maximum Gasteiger partial charge on any atom is 0.292 e. The Morgan fingerprint density at radius 3 is 2.78 bits per heavy atom. The Morgan fingerprint density at radius 1 is 1.50 bits per heavy atom. The van der Waals surface area contributed by atoms with Crippen molar-refractivity contribution in [2.24, 2.45) is 0 Å². The number of aliphatic hydroxyl groups excluding tert-OH is 1. The van der Waals surface area contributed by atoms with Gasteiger partial charge in [0.05, 0.1) is 19.8 Å². The number of carbonyl (C=O) groups is 1. The van der Waals surface area contributed by atoms with Crippen LogP contribution in [0.1, 0.15) is 10.6 Å². The van der Waals surface area contributed by atoms with E-state index in [1.807, 2.05) is 0 Å². The summed E-state index contributed by atoms with van der Waals surface area (Å²) in [4.78, 5) is 15.9. The number of amides is 1. The van der Waals surface area contributed by atoms with E-state index in [-0.39, 0.29) is 18.3 Å². The molecule has 1 fully saturated rings. The molecule has 1 aromatic heterocycles. The van der Waals surface area contributed by atoms with Crippen molar-refractivity contribution in [2.75, 3.05) is 46.4 Å². The van der Waals surface area contributed by atoms with Crippen LogP contribution < -0.4 is 4.74 Å². The average Bonchev–Trinajstić information content (AvgIpc) is 2.88. The summed E-state index contributed by atoms with van der Waals surface area (Å²) in [7, 11) is 1.47. The first-order valence-electron chi connectivity index (χ1n) is 5.88. The third-order valence-electron chi connectivity index (χ3n) is 2.98. The molecular weight excluding hydrogens is 238 g/mol. The van der Waals surface area contributed by atoms with Gasteiger partial charge in [-0.15, -0.1) is 0 Å². The molecule has 1 aromatic rings. The van der Waals surface area contributed by atoms with Crippen molar-refractivity contribution < 1.29 is 19.2 Å². The molecule has 100 valence electrons. The first-order chi connectivity index (χ1) is 8.74. The molecule has 1 aliphatic heterocycles. The third kappa shape index (κ3) is 2.80. The Morgan fingerprint density at radius 2 is 2.22 bits per heavy atom. The first-order valence-corrected chi connectivity index (χ1v) is 5.88. The van der Waals surface area contributed by atoms with Crippen LogP contribution in [0.2, 0.25) is 0 Å². The van der Waals surface area contributed by atoms with Crippen molar-refractivity contribution in [2.45, 2.75) is 0 Å². The molecule has 0 spiro atoms. The summed E-state index contributed by atoms with van der Waals surface area (Å²) in [5.41, 5.74) is 0. The molecule has 1 N–H and O–H groups in total. The van der Waals surface area contributed by atoms with Gasteiger partial charge >= 0.3 is 0 Å². The van der Waals surface area contributed by atoms with Crippen molar-refractivity contribution in [1.82, 2.24) is 15.0 Å². The molecule has 2 heterocycles. The van der Waals surface area contributed by atoms with Crippen LogP contribution in [-0.4, -0.2) is 72.4 Å². The lowest BCUT2D eigenvalue weighted by Crippen LogP contribution is -2.49. The van der Waals surface area contributed by atoms with Gasteiger partial charge in [-0.2, -0.15) is 0 Å². The van der Waals surface area contributed by atoms with Gasteiger partial charge in [0.1, 0.15) is 0 Å². The van der Waals surface area contributed by atoms with Crippen LogP contribution in [0.15, 0.2) is 10.6 Å². The van der Waals surface area contributed by atoms with Crippen LogP contribution in [0.25, 0.3) is 0 Å². The van der Waals surface area contributed by atoms with Crippen molar-refractivity contribution in [3.63, 3.8) is 0 Å². The van der Waals surface area contributed by atoms with E-state index in [4.69, 9.17) is 14.4 Å². The summed E-state index contributed by atoms with van der Waals surface area (Å²) >= 11 is 0. The van der Waals surface area contributed by atoms with E-state index in [0.29, 0.717) is 25.5 Å². The zero-order chi connectivity index (χ0) is 13.0. The van der Waals surface area contributed by atoms with Crippen LogP contribution in [0.3, 0.4) is 0 Å². The zero-order valence-corrected chi connectivity index (χ0v) is 10.3. The van der Waals surface area contributed by atoms with E-state index in [1.54, 1.807) is 4.90 Å². The summed E-state index contributed by atoms with van der Waals surface area (Å²) < 4.78 is 9.79. The lowest BCUT2D eigenvalue weighted by Gasteiger charge is -2.33. The van der Waals surface area contributed by atoms with Gasteiger partial charge in [0, 0.05) is 32.7 Å². The minimum absolute atomic E-state index is 0.146. The van der Waals surface area contributed by atoms with Crippen LogP contribution in [0.5, 0.6) is 5.88 Å². The molecule has 0 saturated carbocycles. The molecule has 7 nitrogen and oxygen atoms in total. The maximum absolute atomic E-state index is 12.1. The monoisotopic (exact) mass is 255 g/mol. The number of aromatic nitrogens is 1. The van der Waals surface area contributed by atoms with E-state index in [0.717, 1.165) is 13.1 Å². The van der Waals surface area contributed by atoms with Gasteiger partial charge in [-0.1, -0.05) is 0 Å². The van der Waals surface area contributed by atoms with E-state index < -0.39 is 0 Å². The minimum atomic E-state index is -0.172. The first kappa shape index (κ1) is 12.8. The SMILES string of the molecule is COc1cc(C(=O)N2CCN(CCO)CC2)on1. The molecule has 0 aromatic carbocycles. The van der Waals surface area contributed by atoms with Gasteiger partial charge in [-0.3, -0.25) is 9.69 Å². The zero-order valence-electron chi connectivity index (χ0n) is 10.3. The molecule has 0 radical (unpaired) electrons. The van der Waals surface area contributed by atoms with Gasteiger partial charge < -0.3 is 19.3 Å². The minimum Gasteiger partial charge on any atom is -0.479 e. The summed E-state index contributed by atoms with van der Waals surface area (Å²) in [6, 6.07) is 1.49. The number of methoxy groups -OCH3 is 1. The predicted molar refractivity (Wildman–Crippen MR) is 62.5 cm³/mol. The second kappa shape index (κ2) is 5.83. The average molecular weight is 255 g/mol. The molecule has 1 amide bonds. The van der Waals surface area contributed by atoms with Crippen LogP contribution in [0, 0.1) is 0 Å². The normalized spacial score (nSPS) is 16.9. The number of aliphatic hydroxyl groups is 1. The van der Waals surface area contributed by atoms with Crippen LogP contribution >= 0.6 is 0 Å². The van der Waals surface area contributed by atoms with Gasteiger partial charge in [0.2, 0.25) is 5.76 Å². The van der Waals surface area contributed by atoms with Crippen LogP contribution in [-0.2, 0) is 0 Å². The van der Waals surface area contributed by atoms with Crippen molar-refractivity contribution in [1.29, 1.82) is 0 Å². The summed E-state index contributed by atoms with van der Waals surface area (Å²) in [5, 5.41) is 12.4. The summed E-state index contributed by atoms with van der Waals surface area (Å²) in [6.45, 7) is 3.57. The highest BCUT2D eigenvalue weighted by atomic mass is 16.5. The molecule has 0 unspecified atom stereocenters. The Balaban J connectivity index is 1.91. The second-order valence-electron chi connectivity index (χ2n) is 4.09. The lowest BCUT2D eigenvalue weighted by atomic mass is 10.3. The van der Waals surface area contributed by atoms with E-state index in [9.17, 15) is 4.79 Å². The van der Waals surface area contributed by atoms with Gasteiger partial charge in [0.15, 0.2) is 0 Å². The number of hydrogen-bond donors (Lipinski definition) is 1. The Hall–Kier alpha value is -1.60. The maximum atomic E-state index is 12.1. The Labute approximate surface area is 105 Å². The number of rotatable bonds is 4. The molecule has 0 bridgehead atoms. The van der Waals surface area contributed by atoms with E-state index in [1.165, 1.54) is 13.2 Å². The number of carbonyl (C=O) groups excluding carboxylic acids is 1. The van der Waals surface area contributed by atoms with E-state index >= 15 is 0 Å². The smallest absolute Gasteiger partial charge is 0.292 e. The standard InChI is InChI=1S/C11H17N3O4/c1-17-10-8-9(18-12-10)11(16)14-4-2-13(3-5-14)6-7-15/h8,15H,2-7H2,1H3. The lowest BCUT2D eigenvalue weighted by molar-refractivity contribution is 0.0576. The van der Waals surface area contributed by atoms with Gasteiger partial charge in [-0.25, -0.2) is 0 Å². The Kier molecular flexibility index (Phi) is 4.16. The number of β-amino-alcohol motifs (C(OH)–C–C–N with tert-alkyl or cyclic N) is 1. The van der Waals surface area contributed by atoms with E-state index in [2.05, 4.69) is 10.1 Å². The fraction of sp³-hybridized carbons (Fsp3) is 0.636. The second-order valence-corrected chi connectivity index (χ2v) is 4.09. The summed E-state index contributed by atoms with van der Waals surface area (Å²) in [5.74, 6) is 0.328. The van der Waals surface area contributed by atoms with Gasteiger partial charge in [-0.05, 0) is 5.16 Å². The highest BCUT2D eigenvalue weighted by Gasteiger charge is 2.24. The van der Waals surface area contributed by atoms with Crippen molar-refractivity contribution >= 4 is 5.91 Å². The number of piperazine rings is 1. The molecular formula is C11H17N3O4. The highest BCUT2D eigenvalue weighted by Crippen LogP contribution is 2.14. The number of hydrogen-bond acceptors (Lipinski definition) is 6. The molecule has 2 rings (SSSR count). The molecule has 7 heteroatoms. The number of ether oxygens (including phenoxy) is 1. The molecule has 0 atom stereocenters. The molecule has 0 aliphatic carbocycles. The van der Waals surface area contributed by atoms with Gasteiger partial charge in [0.25, 0.3) is 11.8 Å². The third-order valence-corrected chi connectivity index (χ3v) is 2.98. The fourth-order valence-corrected chi connectivity index (χ4v) is 1.93. The molecule has 1 saturated heterocycles. The predicted octanol–water partition coefficient (Wildman–Crippen LogP) is -0.567. The molecule has 1 aliphatic rings. The largest absolute Gasteiger partial charge is 0.479 e. The summed E-state index contributed by atoms with van der Waals surface area (Å²) in [6.07, 6.45) is 0. The van der Waals surface area contributed by atoms with Crippen molar-refractivity contribution in [3.05, 3.63) is 11.8 Å². The fourth-order valence-electron chi connectivity index (χ4n) is 1.93. The van der Waals surface area contributed by atoms with Crippen LogP contribution in [0.4, 0.5) is 0 Å².